The summed E-state index contributed by atoms with van der Waals surface area (Å²) in [6, 6.07) is 6.24. The largest absolute Gasteiger partial charge is 0.379 e. The van der Waals surface area contributed by atoms with Gasteiger partial charge >= 0.3 is 0 Å². The quantitative estimate of drug-likeness (QED) is 0.573. The first-order valence-corrected chi connectivity index (χ1v) is 12.5. The van der Waals surface area contributed by atoms with Crippen molar-refractivity contribution >= 4 is 28.2 Å². The smallest absolute Gasteiger partial charge is 0.253 e. The Labute approximate surface area is 201 Å². The van der Waals surface area contributed by atoms with Crippen LogP contribution in [-0.4, -0.2) is 78.5 Å². The highest BCUT2D eigenvalue weighted by atomic mass is 32.1. The van der Waals surface area contributed by atoms with Gasteiger partial charge in [-0.05, 0) is 68.4 Å². The van der Waals surface area contributed by atoms with Gasteiger partial charge in [-0.2, -0.15) is 0 Å². The van der Waals surface area contributed by atoms with Gasteiger partial charge in [0.15, 0.2) is 5.11 Å². The van der Waals surface area contributed by atoms with Crippen molar-refractivity contribution in [2.24, 2.45) is 0 Å². The minimum absolute atomic E-state index is 0.0467. The fourth-order valence-electron chi connectivity index (χ4n) is 4.74. The minimum atomic E-state index is -0.0467. The van der Waals surface area contributed by atoms with Crippen LogP contribution in [0.4, 0.5) is 0 Å². The Bertz CT molecular complexity index is 1010. The maximum Gasteiger partial charge on any atom is 0.253 e. The number of morpholine rings is 1. The number of aryl methyl sites for hydroxylation is 2. The van der Waals surface area contributed by atoms with Crippen LogP contribution in [0.5, 0.6) is 0 Å². The van der Waals surface area contributed by atoms with Gasteiger partial charge in [-0.15, -0.1) is 0 Å². The average molecular weight is 473 g/mol. The zero-order chi connectivity index (χ0) is 23.2. The molecule has 0 bridgehead atoms. The number of fused-ring (bicyclic) bond motifs is 1. The molecule has 8 heteroatoms. The monoisotopic (exact) mass is 472 g/mol. The topological polar surface area (TPSA) is 69.8 Å². The van der Waals surface area contributed by atoms with E-state index in [4.69, 9.17) is 21.7 Å². The second kappa shape index (κ2) is 11.4. The SMILES string of the molecule is Cc1cc(C)c2[nH]c(=O)c(CN(CCCN3CCOCC3)C(=S)NC[C@H]3CCCO3)cc2c1. The number of thiocarbonyl (C=S) groups is 1. The number of benzene rings is 1. The van der Waals surface area contributed by atoms with Crippen LogP contribution in [0.3, 0.4) is 0 Å². The highest BCUT2D eigenvalue weighted by Gasteiger charge is 2.19. The zero-order valence-corrected chi connectivity index (χ0v) is 20.6. The van der Waals surface area contributed by atoms with Gasteiger partial charge in [0.2, 0.25) is 0 Å². The van der Waals surface area contributed by atoms with E-state index < -0.39 is 0 Å². The van der Waals surface area contributed by atoms with Crippen molar-refractivity contribution in [1.82, 2.24) is 20.1 Å². The van der Waals surface area contributed by atoms with Crippen molar-refractivity contribution in [3.63, 3.8) is 0 Å². The van der Waals surface area contributed by atoms with E-state index in [0.29, 0.717) is 18.2 Å². The molecule has 0 radical (unpaired) electrons. The predicted octanol–water partition coefficient (Wildman–Crippen LogP) is 2.72. The number of hydrogen-bond acceptors (Lipinski definition) is 5. The van der Waals surface area contributed by atoms with E-state index in [1.54, 1.807) is 0 Å². The summed E-state index contributed by atoms with van der Waals surface area (Å²) in [5.41, 5.74) is 3.88. The van der Waals surface area contributed by atoms with Crippen LogP contribution in [0, 0.1) is 13.8 Å². The van der Waals surface area contributed by atoms with Crippen molar-refractivity contribution in [2.75, 3.05) is 52.5 Å². The maximum absolute atomic E-state index is 12.9. The molecule has 2 N–H and O–H groups in total. The van der Waals surface area contributed by atoms with Crippen LogP contribution < -0.4 is 10.9 Å². The Morgan fingerprint density at radius 2 is 2.06 bits per heavy atom. The highest BCUT2D eigenvalue weighted by molar-refractivity contribution is 7.80. The Morgan fingerprint density at radius 1 is 1.24 bits per heavy atom. The van der Waals surface area contributed by atoms with Gasteiger partial charge in [-0.3, -0.25) is 9.69 Å². The highest BCUT2D eigenvalue weighted by Crippen LogP contribution is 2.19. The molecule has 33 heavy (non-hydrogen) atoms. The fourth-order valence-corrected chi connectivity index (χ4v) is 4.97. The number of pyridine rings is 1. The molecule has 180 valence electrons. The molecule has 1 aromatic carbocycles. The molecule has 0 unspecified atom stereocenters. The van der Waals surface area contributed by atoms with Crippen LogP contribution in [-0.2, 0) is 16.0 Å². The zero-order valence-electron chi connectivity index (χ0n) is 19.8. The summed E-state index contributed by atoms with van der Waals surface area (Å²) < 4.78 is 11.2. The fraction of sp³-hybridized carbons (Fsp3) is 0.600. The molecule has 3 heterocycles. The summed E-state index contributed by atoms with van der Waals surface area (Å²) in [6.07, 6.45) is 3.36. The average Bonchev–Trinajstić information content (AvgIpc) is 3.32. The van der Waals surface area contributed by atoms with Gasteiger partial charge in [0.1, 0.15) is 0 Å². The van der Waals surface area contributed by atoms with Crippen molar-refractivity contribution in [1.29, 1.82) is 0 Å². The third-order valence-electron chi connectivity index (χ3n) is 6.53. The van der Waals surface area contributed by atoms with Crippen molar-refractivity contribution in [3.8, 4) is 0 Å². The Morgan fingerprint density at radius 3 is 2.82 bits per heavy atom. The third kappa shape index (κ3) is 6.53. The number of H-pyrrole nitrogens is 1. The molecule has 2 fully saturated rings. The number of hydrogen-bond donors (Lipinski definition) is 2. The summed E-state index contributed by atoms with van der Waals surface area (Å²) >= 11 is 5.77. The molecule has 2 aliphatic heterocycles. The number of aromatic amines is 1. The summed E-state index contributed by atoms with van der Waals surface area (Å²) in [4.78, 5) is 20.6. The first-order chi connectivity index (χ1) is 16.0. The standard InChI is InChI=1S/C25H36N4O3S/c1-18-13-19(2)23-20(14-18)15-21(24(30)27-23)17-29(7-4-6-28-8-11-31-12-9-28)25(33)26-16-22-5-3-10-32-22/h13-15,22H,3-12,16-17H2,1-2H3,(H,26,33)(H,27,30)/t22-/m1/s1. The van der Waals surface area contributed by atoms with Crippen LogP contribution in [0.2, 0.25) is 0 Å². The number of nitrogens with one attached hydrogen (secondary N) is 2. The van der Waals surface area contributed by atoms with Gasteiger partial charge in [-0.25, -0.2) is 0 Å². The van der Waals surface area contributed by atoms with Crippen LogP contribution in [0.1, 0.15) is 36.0 Å². The molecular formula is C25H36N4O3S. The molecule has 2 aromatic rings. The molecule has 4 rings (SSSR count). The molecule has 1 atom stereocenters. The minimum Gasteiger partial charge on any atom is -0.379 e. The van der Waals surface area contributed by atoms with Gasteiger partial charge in [0.25, 0.3) is 5.56 Å². The molecular weight excluding hydrogens is 436 g/mol. The van der Waals surface area contributed by atoms with Crippen LogP contribution in [0.15, 0.2) is 23.0 Å². The number of aromatic nitrogens is 1. The number of nitrogens with zero attached hydrogens (tertiary/aromatic N) is 2. The molecule has 1 aromatic heterocycles. The Balaban J connectivity index is 1.47. The van der Waals surface area contributed by atoms with Crippen LogP contribution >= 0.6 is 12.2 Å². The summed E-state index contributed by atoms with van der Waals surface area (Å²) in [5, 5.41) is 5.15. The van der Waals surface area contributed by atoms with Crippen molar-refractivity contribution in [3.05, 3.63) is 45.2 Å². The lowest BCUT2D eigenvalue weighted by atomic mass is 10.1. The second-order valence-electron chi connectivity index (χ2n) is 9.22. The lowest BCUT2D eigenvalue weighted by Crippen LogP contribution is -2.44. The van der Waals surface area contributed by atoms with Gasteiger partial charge in [0, 0.05) is 44.9 Å². The van der Waals surface area contributed by atoms with Crippen molar-refractivity contribution < 1.29 is 9.47 Å². The molecule has 0 spiro atoms. The van der Waals surface area contributed by atoms with Gasteiger partial charge in [-0.1, -0.05) is 11.6 Å². The summed E-state index contributed by atoms with van der Waals surface area (Å²) in [6.45, 7) is 11.5. The van der Waals surface area contributed by atoms with E-state index in [-0.39, 0.29) is 11.7 Å². The molecule has 0 saturated carbocycles. The van der Waals surface area contributed by atoms with E-state index in [0.717, 1.165) is 87.3 Å². The summed E-state index contributed by atoms with van der Waals surface area (Å²) in [5.74, 6) is 0. The molecule has 2 aliphatic rings. The van der Waals surface area contributed by atoms with Crippen LogP contribution in [0.25, 0.3) is 10.9 Å². The van der Waals surface area contributed by atoms with E-state index >= 15 is 0 Å². The van der Waals surface area contributed by atoms with E-state index in [9.17, 15) is 4.79 Å². The molecule has 7 nitrogen and oxygen atoms in total. The van der Waals surface area contributed by atoms with Gasteiger partial charge in [0.05, 0.1) is 31.4 Å². The second-order valence-corrected chi connectivity index (χ2v) is 9.61. The van der Waals surface area contributed by atoms with E-state index in [1.807, 2.05) is 13.0 Å². The van der Waals surface area contributed by atoms with E-state index in [1.165, 1.54) is 5.56 Å². The Hall–Kier alpha value is -2.00. The number of ether oxygens (including phenoxy) is 2. The van der Waals surface area contributed by atoms with Crippen molar-refractivity contribution in [2.45, 2.75) is 45.8 Å². The lowest BCUT2D eigenvalue weighted by molar-refractivity contribution is 0.0367. The normalized spacial score (nSPS) is 19.2. The third-order valence-corrected chi connectivity index (χ3v) is 6.93. The molecule has 0 amide bonds. The first kappa shape index (κ1) is 24.1. The van der Waals surface area contributed by atoms with E-state index in [2.05, 4.69) is 39.2 Å². The lowest BCUT2D eigenvalue weighted by Gasteiger charge is -2.30. The molecule has 2 saturated heterocycles. The number of rotatable bonds is 8. The Kier molecular flexibility index (Phi) is 8.35. The first-order valence-electron chi connectivity index (χ1n) is 12.1. The molecule has 0 aliphatic carbocycles. The summed E-state index contributed by atoms with van der Waals surface area (Å²) in [7, 11) is 0. The maximum atomic E-state index is 12.9. The predicted molar refractivity (Wildman–Crippen MR) is 136 cm³/mol. The van der Waals surface area contributed by atoms with Gasteiger partial charge < -0.3 is 24.7 Å².